The van der Waals surface area contributed by atoms with E-state index < -0.39 is 26.8 Å². The zero-order valence-corrected chi connectivity index (χ0v) is 32.4. The molecular weight excluding hydrogens is 704 g/mol. The molecule has 0 aromatic heterocycles. The number of aryl methyl sites for hydroxylation is 1. The Balaban J connectivity index is 1.33. The number of amides is 2. The van der Waals surface area contributed by atoms with Gasteiger partial charge in [-0.25, -0.2) is 13.1 Å². The summed E-state index contributed by atoms with van der Waals surface area (Å²) in [6, 6.07) is 11.0. The molecule has 2 N–H and O–H groups in total. The number of nitrogens with zero attached hydrogens (tertiary/aromatic N) is 3. The lowest BCUT2D eigenvalue weighted by molar-refractivity contribution is -0.149. The number of aliphatic hydroxyl groups is 1. The van der Waals surface area contributed by atoms with E-state index in [1.807, 2.05) is 30.0 Å². The lowest BCUT2D eigenvalue weighted by Crippen LogP contribution is -2.60. The third-order valence-electron chi connectivity index (χ3n) is 12.1. The normalized spacial score (nSPS) is 29.1. The summed E-state index contributed by atoms with van der Waals surface area (Å²) in [5.74, 6) is -0.203. The number of benzene rings is 2. The van der Waals surface area contributed by atoms with Crippen LogP contribution in [0.5, 0.6) is 5.75 Å². The predicted octanol–water partition coefficient (Wildman–Crippen LogP) is 4.88. The fourth-order valence-electron chi connectivity index (χ4n) is 8.46. The molecule has 2 amide bonds. The van der Waals surface area contributed by atoms with Crippen molar-refractivity contribution in [3.8, 4) is 5.75 Å². The van der Waals surface area contributed by atoms with Crippen molar-refractivity contribution in [1.82, 2.24) is 14.5 Å². The van der Waals surface area contributed by atoms with Crippen molar-refractivity contribution in [3.05, 3.63) is 58.1 Å². The average molecular weight is 759 g/mol. The van der Waals surface area contributed by atoms with Crippen LogP contribution in [-0.2, 0) is 32.6 Å². The number of carbonyl (C=O) groups excluding carboxylic acids is 2. The summed E-state index contributed by atoms with van der Waals surface area (Å²) in [7, 11) is -2.34. The number of methoxy groups -OCH3 is 1. The van der Waals surface area contributed by atoms with E-state index in [2.05, 4.69) is 14.5 Å². The molecule has 0 unspecified atom stereocenters. The van der Waals surface area contributed by atoms with Crippen LogP contribution in [0.1, 0.15) is 80.3 Å². The van der Waals surface area contributed by atoms with Crippen molar-refractivity contribution in [1.29, 1.82) is 0 Å². The highest BCUT2D eigenvalue weighted by Crippen LogP contribution is 2.46. The fourth-order valence-corrected chi connectivity index (χ4v) is 9.96. The summed E-state index contributed by atoms with van der Waals surface area (Å²) >= 11 is 6.37. The first-order chi connectivity index (χ1) is 24.9. The van der Waals surface area contributed by atoms with Crippen LogP contribution in [0.15, 0.2) is 36.4 Å². The van der Waals surface area contributed by atoms with Gasteiger partial charge in [0.15, 0.2) is 0 Å². The number of sulfonamides is 1. The summed E-state index contributed by atoms with van der Waals surface area (Å²) < 4.78 is 41.1. The Hall–Kier alpha value is -2.90. The number of anilines is 1. The molecule has 2 aromatic carbocycles. The molecule has 0 spiro atoms. The van der Waals surface area contributed by atoms with Crippen molar-refractivity contribution in [3.63, 3.8) is 0 Å². The van der Waals surface area contributed by atoms with Crippen LogP contribution in [0.4, 0.5) is 5.69 Å². The predicted molar refractivity (Wildman–Crippen MR) is 202 cm³/mol. The number of rotatable bonds is 5. The zero-order chi connectivity index (χ0) is 37.0. The van der Waals surface area contributed by atoms with Gasteiger partial charge < -0.3 is 24.4 Å². The van der Waals surface area contributed by atoms with Gasteiger partial charge in [0.2, 0.25) is 15.9 Å². The molecule has 1 aliphatic carbocycles. The average Bonchev–Trinajstić information content (AvgIpc) is 3.12. The number of β-amino-alcohol motifs (C(OH)–C–C–N with tert-alkyl or cyclic N) is 1. The SMILES string of the molecule is COCCN1CCN(C[C@@]2(O)CCC[C@H](C)[C@@H](C)S(=O)(=O)NC(=O)c3ccc4c(c3)N(CCCCc3cc(Cl)ccc3CO4)C[C@@H]3CC[C@H]32)C(=O)C1. The summed E-state index contributed by atoms with van der Waals surface area (Å²) in [5, 5.41) is 12.5. The fraction of sp³-hybridized carbons (Fsp3) is 0.641. The molecule has 3 heterocycles. The van der Waals surface area contributed by atoms with Gasteiger partial charge in [-0.15, -0.1) is 0 Å². The number of hydrogen-bond acceptors (Lipinski definition) is 9. The van der Waals surface area contributed by atoms with Crippen molar-refractivity contribution >= 4 is 39.1 Å². The summed E-state index contributed by atoms with van der Waals surface area (Å²) in [4.78, 5) is 33.2. The maximum absolute atomic E-state index is 13.6. The summed E-state index contributed by atoms with van der Waals surface area (Å²) in [6.45, 7) is 8.23. The molecule has 3 aliphatic heterocycles. The molecule has 5 atom stereocenters. The van der Waals surface area contributed by atoms with Crippen molar-refractivity contribution in [2.45, 2.75) is 82.7 Å². The Labute approximate surface area is 314 Å². The zero-order valence-electron chi connectivity index (χ0n) is 30.8. The number of piperazine rings is 1. The maximum Gasteiger partial charge on any atom is 0.264 e. The highest BCUT2D eigenvalue weighted by atomic mass is 35.5. The molecular formula is C39H55ClN4O7S. The van der Waals surface area contributed by atoms with Gasteiger partial charge in [0, 0.05) is 57.0 Å². The van der Waals surface area contributed by atoms with Crippen LogP contribution in [0.25, 0.3) is 0 Å². The molecule has 4 aliphatic rings. The van der Waals surface area contributed by atoms with E-state index in [-0.39, 0.29) is 35.8 Å². The highest BCUT2D eigenvalue weighted by Gasteiger charge is 2.48. The summed E-state index contributed by atoms with van der Waals surface area (Å²) in [6.07, 6.45) is 6.04. The second-order valence-electron chi connectivity index (χ2n) is 15.5. The first-order valence-corrected chi connectivity index (χ1v) is 20.9. The largest absolute Gasteiger partial charge is 0.487 e. The molecule has 2 fully saturated rings. The number of ether oxygens (including phenoxy) is 2. The van der Waals surface area contributed by atoms with Crippen LogP contribution in [0, 0.1) is 17.8 Å². The second kappa shape index (κ2) is 16.6. The Kier molecular flexibility index (Phi) is 12.4. The minimum Gasteiger partial charge on any atom is -0.487 e. The molecule has 1 saturated heterocycles. The van der Waals surface area contributed by atoms with E-state index in [9.17, 15) is 23.1 Å². The number of fused-ring (bicyclic) bond motifs is 3. The minimum atomic E-state index is -4.00. The van der Waals surface area contributed by atoms with Crippen LogP contribution < -0.4 is 14.4 Å². The lowest BCUT2D eigenvalue weighted by atomic mass is 9.62. The van der Waals surface area contributed by atoms with Crippen LogP contribution >= 0.6 is 11.6 Å². The number of hydrogen-bond donors (Lipinski definition) is 2. The first kappa shape index (κ1) is 38.8. The van der Waals surface area contributed by atoms with E-state index in [4.69, 9.17) is 21.1 Å². The van der Waals surface area contributed by atoms with Crippen molar-refractivity contribution in [2.75, 3.05) is 64.4 Å². The molecule has 52 heavy (non-hydrogen) atoms. The van der Waals surface area contributed by atoms with Crippen LogP contribution in [0.2, 0.25) is 5.02 Å². The number of nitrogens with one attached hydrogen (secondary N) is 1. The third kappa shape index (κ3) is 8.89. The molecule has 2 bridgehead atoms. The minimum absolute atomic E-state index is 0.00987. The van der Waals surface area contributed by atoms with Gasteiger partial charge in [0.05, 0.1) is 29.7 Å². The molecule has 0 radical (unpaired) electrons. The van der Waals surface area contributed by atoms with Crippen LogP contribution in [-0.4, -0.2) is 106 Å². The molecule has 13 heteroatoms. The quantitative estimate of drug-likeness (QED) is 0.439. The van der Waals surface area contributed by atoms with Gasteiger partial charge in [0.1, 0.15) is 12.4 Å². The Morgan fingerprint density at radius 1 is 1.02 bits per heavy atom. The molecule has 6 rings (SSSR count). The Morgan fingerprint density at radius 2 is 1.85 bits per heavy atom. The lowest BCUT2D eigenvalue weighted by Gasteiger charge is -2.51. The van der Waals surface area contributed by atoms with Gasteiger partial charge in [-0.3, -0.25) is 14.5 Å². The van der Waals surface area contributed by atoms with Gasteiger partial charge in [-0.1, -0.05) is 31.0 Å². The van der Waals surface area contributed by atoms with E-state index in [0.717, 1.165) is 55.5 Å². The van der Waals surface area contributed by atoms with Gasteiger partial charge in [-0.2, -0.15) is 0 Å². The van der Waals surface area contributed by atoms with E-state index in [0.29, 0.717) is 76.0 Å². The van der Waals surface area contributed by atoms with Gasteiger partial charge in [0.25, 0.3) is 5.91 Å². The molecule has 11 nitrogen and oxygen atoms in total. The number of halogens is 1. The number of carbonyl (C=O) groups is 2. The topological polar surface area (TPSA) is 129 Å². The highest BCUT2D eigenvalue weighted by molar-refractivity contribution is 7.90. The molecule has 286 valence electrons. The van der Waals surface area contributed by atoms with E-state index >= 15 is 0 Å². The van der Waals surface area contributed by atoms with Crippen LogP contribution in [0.3, 0.4) is 0 Å². The monoisotopic (exact) mass is 758 g/mol. The molecule has 1 saturated carbocycles. The molecule has 2 aromatic rings. The first-order valence-electron chi connectivity index (χ1n) is 18.9. The van der Waals surface area contributed by atoms with Gasteiger partial charge in [-0.05, 0) is 111 Å². The van der Waals surface area contributed by atoms with Crippen molar-refractivity contribution < 1.29 is 32.6 Å². The van der Waals surface area contributed by atoms with E-state index in [1.165, 1.54) is 0 Å². The Morgan fingerprint density at radius 3 is 2.60 bits per heavy atom. The Bertz CT molecular complexity index is 1710. The summed E-state index contributed by atoms with van der Waals surface area (Å²) in [5.41, 5.74) is 2.04. The smallest absolute Gasteiger partial charge is 0.264 e. The van der Waals surface area contributed by atoms with Crippen molar-refractivity contribution in [2.24, 2.45) is 17.8 Å². The maximum atomic E-state index is 13.6. The third-order valence-corrected chi connectivity index (χ3v) is 14.2. The van der Waals surface area contributed by atoms with E-state index in [1.54, 1.807) is 32.2 Å². The van der Waals surface area contributed by atoms with Gasteiger partial charge >= 0.3 is 0 Å². The standard InChI is InChI=1S/C39H55ClN4O7S/c1-27-7-6-15-39(47,26-44-18-17-42(19-20-50-3)24-37(44)45)34-13-10-31(34)23-43-16-5-4-8-29-21-33(40)12-9-32(29)25-51-36-14-11-30(22-35(36)43)38(46)41-52(48,49)28(27)2/h9,11-12,14,21-22,27-28,31,34,47H,4-8,10,13,15-20,23-26H2,1-3H3,(H,41,46)/t27-,28+,31-,34+,39-/m0/s1. The second-order valence-corrected chi connectivity index (χ2v) is 17.9.